The highest BCUT2D eigenvalue weighted by Gasteiger charge is 2.31. The summed E-state index contributed by atoms with van der Waals surface area (Å²) in [6, 6.07) is 3.64. The van der Waals surface area contributed by atoms with Crippen LogP contribution >= 0.6 is 0 Å². The molecule has 4 heterocycles. The molecule has 0 spiro atoms. The quantitative estimate of drug-likeness (QED) is 0.668. The highest BCUT2D eigenvalue weighted by molar-refractivity contribution is 5.90. The number of benzene rings is 1. The monoisotopic (exact) mass is 440 g/mol. The van der Waals surface area contributed by atoms with Gasteiger partial charge in [0.15, 0.2) is 0 Å². The van der Waals surface area contributed by atoms with E-state index in [2.05, 4.69) is 25.0 Å². The van der Waals surface area contributed by atoms with Crippen molar-refractivity contribution < 1.29 is 13.7 Å². The van der Waals surface area contributed by atoms with Crippen molar-refractivity contribution in [2.75, 3.05) is 26.2 Å². The molecule has 170 valence electrons. The predicted molar refractivity (Wildman–Crippen MR) is 118 cm³/mol. The van der Waals surface area contributed by atoms with Gasteiger partial charge in [0.05, 0.1) is 11.1 Å². The number of aromatic amines is 1. The number of aryl methyl sites for hydroxylation is 1. The molecule has 0 saturated carbocycles. The van der Waals surface area contributed by atoms with Crippen LogP contribution in [0.15, 0.2) is 16.7 Å². The van der Waals surface area contributed by atoms with E-state index in [4.69, 9.17) is 4.52 Å². The molecule has 8 nitrogen and oxygen atoms in total. The first-order valence-corrected chi connectivity index (χ1v) is 11.5. The van der Waals surface area contributed by atoms with E-state index in [1.165, 1.54) is 6.07 Å². The van der Waals surface area contributed by atoms with Crippen molar-refractivity contribution in [3.63, 3.8) is 0 Å². The Bertz CT molecular complexity index is 1110. The minimum absolute atomic E-state index is 0.169. The van der Waals surface area contributed by atoms with Crippen molar-refractivity contribution >= 4 is 16.9 Å². The van der Waals surface area contributed by atoms with Crippen LogP contribution in [0.1, 0.15) is 57.2 Å². The second-order valence-corrected chi connectivity index (χ2v) is 8.86. The molecule has 0 atom stereocenters. The highest BCUT2D eigenvalue weighted by Crippen LogP contribution is 2.33. The lowest BCUT2D eigenvalue weighted by molar-refractivity contribution is -0.130. The number of imidazole rings is 1. The Morgan fingerprint density at radius 1 is 1.16 bits per heavy atom. The van der Waals surface area contributed by atoms with Crippen LogP contribution in [0.5, 0.6) is 0 Å². The number of hydrogen-bond donors (Lipinski definition) is 1. The van der Waals surface area contributed by atoms with Crippen LogP contribution in [0, 0.1) is 5.82 Å². The largest absolute Gasteiger partial charge is 0.343 e. The summed E-state index contributed by atoms with van der Waals surface area (Å²) >= 11 is 0. The third-order valence-electron chi connectivity index (χ3n) is 6.96. The number of H-pyrrole nitrogens is 1. The minimum Gasteiger partial charge on any atom is -0.343 e. The number of hydrogen-bond acceptors (Lipinski definition) is 6. The summed E-state index contributed by atoms with van der Waals surface area (Å²) in [6.45, 7) is 7.27. The van der Waals surface area contributed by atoms with Gasteiger partial charge in [0.25, 0.3) is 0 Å². The number of aromatic nitrogens is 4. The van der Waals surface area contributed by atoms with Gasteiger partial charge in [0, 0.05) is 38.4 Å². The third-order valence-corrected chi connectivity index (χ3v) is 6.96. The zero-order valence-corrected chi connectivity index (χ0v) is 18.6. The van der Waals surface area contributed by atoms with Crippen LogP contribution in [-0.4, -0.2) is 68.0 Å². The summed E-state index contributed by atoms with van der Waals surface area (Å²) in [7, 11) is 0. The lowest BCUT2D eigenvalue weighted by Crippen LogP contribution is -2.48. The third kappa shape index (κ3) is 3.90. The zero-order valence-electron chi connectivity index (χ0n) is 18.6. The number of carbonyl (C=O) groups is 1. The van der Waals surface area contributed by atoms with E-state index in [1.807, 2.05) is 11.8 Å². The number of likely N-dealkylation sites (tertiary alicyclic amines) is 2. The van der Waals surface area contributed by atoms with Crippen LogP contribution < -0.4 is 0 Å². The molecule has 32 heavy (non-hydrogen) atoms. The minimum atomic E-state index is -0.397. The Labute approximate surface area is 186 Å². The second-order valence-electron chi connectivity index (χ2n) is 8.86. The number of amides is 1. The van der Waals surface area contributed by atoms with Gasteiger partial charge < -0.3 is 19.3 Å². The van der Waals surface area contributed by atoms with E-state index in [-0.39, 0.29) is 17.6 Å². The standard InChI is InChI=1S/C23H29FN6O2/c1-3-19-25-18-5-4-17(24)20(21(18)26-19)22-27-23(32-28-22)15-6-10-30(11-7-15)16-8-12-29(13-9-16)14(2)31/h4-5,15-16H,3,6-13H2,1-2H3,(H,25,26). The molecule has 9 heteroatoms. The van der Waals surface area contributed by atoms with E-state index in [1.54, 1.807) is 13.0 Å². The Morgan fingerprint density at radius 2 is 1.91 bits per heavy atom. The number of fused-ring (bicyclic) bond motifs is 1. The first-order chi connectivity index (χ1) is 15.5. The molecule has 2 aliphatic heterocycles. The number of piperidine rings is 2. The topological polar surface area (TPSA) is 91.2 Å². The number of rotatable bonds is 4. The van der Waals surface area contributed by atoms with Crippen LogP contribution in [-0.2, 0) is 11.2 Å². The van der Waals surface area contributed by atoms with Crippen molar-refractivity contribution in [2.24, 2.45) is 0 Å². The zero-order chi connectivity index (χ0) is 22.2. The maximum absolute atomic E-state index is 14.7. The molecule has 0 aliphatic carbocycles. The first kappa shape index (κ1) is 21.1. The molecule has 3 aromatic rings. The van der Waals surface area contributed by atoms with Crippen LogP contribution in [0.3, 0.4) is 0 Å². The van der Waals surface area contributed by atoms with Gasteiger partial charge in [-0.05, 0) is 50.9 Å². The van der Waals surface area contributed by atoms with Gasteiger partial charge in [0.2, 0.25) is 17.6 Å². The molecule has 2 aromatic heterocycles. The molecule has 1 amide bonds. The van der Waals surface area contributed by atoms with Gasteiger partial charge in [-0.2, -0.15) is 4.98 Å². The van der Waals surface area contributed by atoms with Crippen molar-refractivity contribution in [3.05, 3.63) is 29.7 Å². The summed E-state index contributed by atoms with van der Waals surface area (Å²) in [5.41, 5.74) is 1.61. The molecule has 0 bridgehead atoms. The Hall–Kier alpha value is -2.81. The average molecular weight is 441 g/mol. The van der Waals surface area contributed by atoms with Crippen molar-refractivity contribution in [1.29, 1.82) is 0 Å². The molecule has 2 fully saturated rings. The fourth-order valence-corrected chi connectivity index (χ4v) is 5.04. The van der Waals surface area contributed by atoms with E-state index >= 15 is 0 Å². The lowest BCUT2D eigenvalue weighted by atomic mass is 9.93. The molecular weight excluding hydrogens is 411 g/mol. The molecule has 0 unspecified atom stereocenters. The van der Waals surface area contributed by atoms with Gasteiger partial charge in [-0.1, -0.05) is 12.1 Å². The maximum atomic E-state index is 14.7. The van der Waals surface area contributed by atoms with E-state index in [0.717, 1.165) is 69.6 Å². The normalized spacial score (nSPS) is 19.2. The summed E-state index contributed by atoms with van der Waals surface area (Å²) in [6.07, 6.45) is 4.66. The summed E-state index contributed by atoms with van der Waals surface area (Å²) in [5.74, 6) is 1.59. The molecule has 0 radical (unpaired) electrons. The number of carbonyl (C=O) groups excluding carboxylic acids is 1. The van der Waals surface area contributed by atoms with E-state index in [9.17, 15) is 9.18 Å². The van der Waals surface area contributed by atoms with Gasteiger partial charge >= 0.3 is 0 Å². The molecule has 5 rings (SSSR count). The van der Waals surface area contributed by atoms with Crippen LogP contribution in [0.2, 0.25) is 0 Å². The van der Waals surface area contributed by atoms with E-state index in [0.29, 0.717) is 23.0 Å². The molecule has 2 saturated heterocycles. The molecule has 1 N–H and O–H groups in total. The van der Waals surface area contributed by atoms with Crippen molar-refractivity contribution in [1.82, 2.24) is 29.9 Å². The Balaban J connectivity index is 1.27. The van der Waals surface area contributed by atoms with Gasteiger partial charge in [-0.15, -0.1) is 0 Å². The highest BCUT2D eigenvalue weighted by atomic mass is 19.1. The smallest absolute Gasteiger partial charge is 0.230 e. The van der Waals surface area contributed by atoms with Gasteiger partial charge in [-0.3, -0.25) is 4.79 Å². The summed E-state index contributed by atoms with van der Waals surface area (Å²) in [4.78, 5) is 28.3. The average Bonchev–Trinajstić information content (AvgIpc) is 3.46. The number of halogens is 1. The number of nitrogens with zero attached hydrogens (tertiary/aromatic N) is 5. The van der Waals surface area contributed by atoms with Crippen LogP contribution in [0.4, 0.5) is 4.39 Å². The lowest BCUT2D eigenvalue weighted by Gasteiger charge is -2.41. The fourth-order valence-electron chi connectivity index (χ4n) is 5.04. The summed E-state index contributed by atoms with van der Waals surface area (Å²) < 4.78 is 20.3. The maximum Gasteiger partial charge on any atom is 0.230 e. The van der Waals surface area contributed by atoms with Gasteiger partial charge in [0.1, 0.15) is 17.2 Å². The first-order valence-electron chi connectivity index (χ1n) is 11.5. The van der Waals surface area contributed by atoms with Crippen LogP contribution in [0.25, 0.3) is 22.4 Å². The number of nitrogens with one attached hydrogen (secondary N) is 1. The Kier molecular flexibility index (Phi) is 5.67. The Morgan fingerprint density at radius 3 is 2.59 bits per heavy atom. The fraction of sp³-hybridized carbons (Fsp3) is 0.565. The van der Waals surface area contributed by atoms with Crippen molar-refractivity contribution in [3.8, 4) is 11.4 Å². The summed E-state index contributed by atoms with van der Waals surface area (Å²) in [5, 5.41) is 4.11. The SMILES string of the molecule is CCc1nc2c(-c3noc(C4CCN(C5CCN(C(C)=O)CC5)CC4)n3)c(F)ccc2[nH]1. The molecule has 1 aromatic carbocycles. The van der Waals surface area contributed by atoms with Crippen molar-refractivity contribution in [2.45, 2.75) is 57.9 Å². The van der Waals surface area contributed by atoms with Gasteiger partial charge in [-0.25, -0.2) is 9.37 Å². The molecule has 2 aliphatic rings. The molecular formula is C23H29FN6O2. The second kappa shape index (κ2) is 8.61. The predicted octanol–water partition coefficient (Wildman–Crippen LogP) is 3.50. The van der Waals surface area contributed by atoms with E-state index < -0.39 is 5.82 Å².